The number of benzene rings is 1. The second-order valence-corrected chi connectivity index (χ2v) is 7.93. The van der Waals surface area contributed by atoms with E-state index in [-0.39, 0.29) is 11.6 Å². The molecule has 1 unspecified atom stereocenters. The molecule has 0 fully saturated rings. The molecule has 0 aliphatic rings. The number of anilines is 2. The van der Waals surface area contributed by atoms with Gasteiger partial charge in [-0.05, 0) is 30.3 Å². The van der Waals surface area contributed by atoms with Crippen molar-refractivity contribution in [3.05, 3.63) is 84.2 Å². The van der Waals surface area contributed by atoms with Crippen LogP contribution >= 0.6 is 0 Å². The molecule has 4 rings (SSSR count). The first-order valence-corrected chi connectivity index (χ1v) is 11.1. The van der Waals surface area contributed by atoms with Crippen LogP contribution in [0.3, 0.4) is 0 Å². The predicted octanol–water partition coefficient (Wildman–Crippen LogP) is 4.46. The average Bonchev–Trinajstić information content (AvgIpc) is 2.86. The van der Waals surface area contributed by atoms with Crippen molar-refractivity contribution in [3.8, 4) is 22.9 Å². The van der Waals surface area contributed by atoms with Gasteiger partial charge in [-0.1, -0.05) is 6.07 Å². The Morgan fingerprint density at radius 3 is 2.56 bits per heavy atom. The van der Waals surface area contributed by atoms with Gasteiger partial charge in [0, 0.05) is 31.7 Å². The summed E-state index contributed by atoms with van der Waals surface area (Å²) in [6.45, 7) is 0. The van der Waals surface area contributed by atoms with Crippen LogP contribution in [0.2, 0.25) is 0 Å². The maximum atomic E-state index is 14.8. The summed E-state index contributed by atoms with van der Waals surface area (Å²) in [5.41, 5.74) is 0.297. The van der Waals surface area contributed by atoms with Crippen molar-refractivity contribution < 1.29 is 22.5 Å². The molecule has 1 aromatic carbocycles. The van der Waals surface area contributed by atoms with E-state index < -0.39 is 40.3 Å². The molecule has 0 aliphatic heterocycles. The number of ether oxygens (including phenoxy) is 1. The largest absolute Gasteiger partial charge is 0.593 e. The lowest BCUT2D eigenvalue weighted by molar-refractivity contribution is 0.401. The van der Waals surface area contributed by atoms with Gasteiger partial charge in [0.1, 0.15) is 0 Å². The zero-order valence-electron chi connectivity index (χ0n) is 17.6. The molecule has 3 aromatic heterocycles. The Balaban J connectivity index is 1.60. The van der Waals surface area contributed by atoms with Crippen LogP contribution in [0, 0.1) is 17.5 Å². The van der Waals surface area contributed by atoms with Crippen LogP contribution in [-0.4, -0.2) is 31.5 Å². The van der Waals surface area contributed by atoms with Crippen LogP contribution in [0.4, 0.5) is 24.8 Å². The molecule has 12 heteroatoms. The predicted molar refractivity (Wildman–Crippen MR) is 121 cm³/mol. The SMILES string of the molecule is CNc1nccc(-c2cccnc2Oc2cc(F)c(N[S+]([O-])Cc3ccccn3)c(F)c2F)n1. The molecule has 34 heavy (non-hydrogen) atoms. The molecule has 0 amide bonds. The Hall–Kier alpha value is -3.90. The van der Waals surface area contributed by atoms with E-state index in [9.17, 15) is 17.7 Å². The molecule has 0 bridgehead atoms. The van der Waals surface area contributed by atoms with Gasteiger partial charge in [0.05, 0.1) is 28.3 Å². The van der Waals surface area contributed by atoms with Gasteiger partial charge >= 0.3 is 0 Å². The molecular formula is C22H17F3N6O2S. The minimum absolute atomic E-state index is 0.125. The van der Waals surface area contributed by atoms with Crippen LogP contribution in [0.1, 0.15) is 5.69 Å². The number of aromatic nitrogens is 4. The highest BCUT2D eigenvalue weighted by Crippen LogP contribution is 2.35. The Labute approximate surface area is 195 Å². The van der Waals surface area contributed by atoms with E-state index in [1.807, 2.05) is 0 Å². The number of hydrogen-bond acceptors (Lipinski definition) is 8. The normalized spacial score (nSPS) is 11.7. The average molecular weight is 486 g/mol. The summed E-state index contributed by atoms with van der Waals surface area (Å²) in [7, 11) is 1.64. The maximum Gasteiger partial charge on any atom is 0.228 e. The van der Waals surface area contributed by atoms with Crippen molar-refractivity contribution in [1.29, 1.82) is 0 Å². The van der Waals surface area contributed by atoms with Crippen molar-refractivity contribution in [1.82, 2.24) is 19.9 Å². The lowest BCUT2D eigenvalue weighted by atomic mass is 10.2. The van der Waals surface area contributed by atoms with Gasteiger partial charge in [0.25, 0.3) is 0 Å². The van der Waals surface area contributed by atoms with Gasteiger partial charge in [-0.15, -0.1) is 0 Å². The zero-order valence-corrected chi connectivity index (χ0v) is 18.4. The standard InChI is InChI=1S/C22H17F3N6O2S/c1-26-22-29-10-7-16(30-22)14-6-4-9-28-21(14)33-17-11-15(23)20(19(25)18(17)24)31-34(32)12-13-5-2-3-8-27-13/h2-11,31H,12H2,1H3,(H,26,29,30). The molecule has 8 nitrogen and oxygen atoms in total. The summed E-state index contributed by atoms with van der Waals surface area (Å²) in [6, 6.07) is 10.4. The smallest absolute Gasteiger partial charge is 0.228 e. The van der Waals surface area contributed by atoms with Crippen molar-refractivity contribution >= 4 is 23.0 Å². The fourth-order valence-electron chi connectivity index (χ4n) is 2.91. The topological polar surface area (TPSA) is 108 Å². The summed E-state index contributed by atoms with van der Waals surface area (Å²) in [6.07, 6.45) is 4.36. The van der Waals surface area contributed by atoms with E-state index in [1.54, 1.807) is 43.4 Å². The first-order chi connectivity index (χ1) is 16.5. The quantitative estimate of drug-likeness (QED) is 0.278. The monoisotopic (exact) mass is 486 g/mol. The highest BCUT2D eigenvalue weighted by Gasteiger charge is 2.25. The lowest BCUT2D eigenvalue weighted by Crippen LogP contribution is -2.18. The minimum Gasteiger partial charge on any atom is -0.593 e. The zero-order chi connectivity index (χ0) is 24.1. The molecule has 0 aliphatic carbocycles. The third-order valence-electron chi connectivity index (χ3n) is 4.48. The first-order valence-electron chi connectivity index (χ1n) is 9.82. The highest BCUT2D eigenvalue weighted by molar-refractivity contribution is 7.91. The molecule has 0 saturated carbocycles. The Kier molecular flexibility index (Phi) is 7.09. The van der Waals surface area contributed by atoms with Crippen LogP contribution in [0.5, 0.6) is 11.6 Å². The number of rotatable bonds is 8. The molecule has 1 atom stereocenters. The van der Waals surface area contributed by atoms with Gasteiger partial charge in [-0.2, -0.15) is 4.39 Å². The van der Waals surface area contributed by atoms with Crippen molar-refractivity contribution in [2.24, 2.45) is 0 Å². The van der Waals surface area contributed by atoms with Gasteiger partial charge in [-0.3, -0.25) is 4.98 Å². The van der Waals surface area contributed by atoms with Crippen LogP contribution in [0.25, 0.3) is 11.3 Å². The Bertz CT molecular complexity index is 1300. The van der Waals surface area contributed by atoms with Crippen molar-refractivity contribution in [2.75, 3.05) is 17.1 Å². The van der Waals surface area contributed by atoms with Gasteiger partial charge < -0.3 is 14.6 Å². The number of pyridine rings is 2. The van der Waals surface area contributed by atoms with E-state index in [2.05, 4.69) is 30.0 Å². The summed E-state index contributed by atoms with van der Waals surface area (Å²) in [5, 5.41) is 2.79. The molecule has 0 radical (unpaired) electrons. The Morgan fingerprint density at radius 2 is 1.79 bits per heavy atom. The third-order valence-corrected chi connectivity index (χ3v) is 5.47. The summed E-state index contributed by atoms with van der Waals surface area (Å²) < 4.78 is 64.0. The van der Waals surface area contributed by atoms with Gasteiger partial charge in [0.15, 0.2) is 28.8 Å². The number of hydrogen-bond donors (Lipinski definition) is 2. The maximum absolute atomic E-state index is 14.8. The first kappa shape index (κ1) is 23.3. The molecular weight excluding hydrogens is 469 g/mol. The molecule has 0 saturated heterocycles. The number of nitrogens with zero attached hydrogens (tertiary/aromatic N) is 4. The third kappa shape index (κ3) is 5.18. The molecule has 2 N–H and O–H groups in total. The second kappa shape index (κ2) is 10.4. The van der Waals surface area contributed by atoms with Crippen molar-refractivity contribution in [2.45, 2.75) is 5.75 Å². The van der Waals surface area contributed by atoms with Gasteiger partial charge in [0.2, 0.25) is 17.6 Å². The fourth-order valence-corrected chi connectivity index (χ4v) is 3.84. The summed E-state index contributed by atoms with van der Waals surface area (Å²) >= 11 is -1.96. The van der Waals surface area contributed by atoms with E-state index in [0.29, 0.717) is 29.0 Å². The molecule has 4 aromatic rings. The fraction of sp³-hybridized carbons (Fsp3) is 0.0909. The highest BCUT2D eigenvalue weighted by atomic mass is 32.2. The minimum atomic E-state index is -1.96. The second-order valence-electron chi connectivity index (χ2n) is 6.75. The van der Waals surface area contributed by atoms with E-state index in [0.717, 1.165) is 0 Å². The molecule has 174 valence electrons. The van der Waals surface area contributed by atoms with E-state index in [4.69, 9.17) is 4.74 Å². The van der Waals surface area contributed by atoms with Gasteiger partial charge in [-0.25, -0.2) is 28.5 Å². The van der Waals surface area contributed by atoms with Crippen LogP contribution in [0.15, 0.2) is 61.1 Å². The molecule has 0 spiro atoms. The lowest BCUT2D eigenvalue weighted by Gasteiger charge is -2.15. The number of halogens is 3. The van der Waals surface area contributed by atoms with Crippen LogP contribution < -0.4 is 14.8 Å². The van der Waals surface area contributed by atoms with Crippen molar-refractivity contribution in [3.63, 3.8) is 0 Å². The Morgan fingerprint density at radius 1 is 0.971 bits per heavy atom. The van der Waals surface area contributed by atoms with E-state index >= 15 is 0 Å². The van der Waals surface area contributed by atoms with Crippen LogP contribution in [-0.2, 0) is 17.1 Å². The van der Waals surface area contributed by atoms with E-state index in [1.165, 1.54) is 18.6 Å². The summed E-state index contributed by atoms with van der Waals surface area (Å²) in [4.78, 5) is 16.3. The number of nitrogens with one attached hydrogen (secondary N) is 2. The summed E-state index contributed by atoms with van der Waals surface area (Å²) in [5.74, 6) is -4.93. The molecule has 3 heterocycles.